The fraction of sp³-hybridized carbons (Fsp3) is 0.783. The largest absolute Gasteiger partial charge is 0.493 e. The van der Waals surface area contributed by atoms with E-state index in [2.05, 4.69) is 71.9 Å². The average molecular weight is 655 g/mol. The van der Waals surface area contributed by atoms with E-state index >= 15 is 0 Å². The van der Waals surface area contributed by atoms with Crippen molar-refractivity contribution in [3.63, 3.8) is 0 Å². The molecule has 0 spiro atoms. The molecule has 0 saturated heterocycles. The predicted octanol–water partition coefficient (Wildman–Crippen LogP) is 12.2. The summed E-state index contributed by atoms with van der Waals surface area (Å²) in [5, 5.41) is 11.0. The van der Waals surface area contributed by atoms with Crippen LogP contribution in [-0.4, -0.2) is 17.8 Å². The third-order valence-corrected chi connectivity index (χ3v) is 15.2. The molecule has 1 aromatic rings. The van der Waals surface area contributed by atoms with Crippen molar-refractivity contribution in [3.05, 3.63) is 52.8 Å². The van der Waals surface area contributed by atoms with E-state index in [1.54, 1.807) is 5.57 Å². The Morgan fingerprint density at radius 2 is 1.60 bits per heavy atom. The van der Waals surface area contributed by atoms with Crippen molar-refractivity contribution in [1.82, 2.24) is 0 Å². The van der Waals surface area contributed by atoms with E-state index < -0.39 is 0 Å². The monoisotopic (exact) mass is 655 g/mol. The van der Waals surface area contributed by atoms with Gasteiger partial charge in [0, 0.05) is 5.57 Å². The maximum Gasteiger partial charge on any atom is 0.123 e. The minimum Gasteiger partial charge on any atom is -0.493 e. The lowest BCUT2D eigenvalue weighted by molar-refractivity contribution is -0.0478. The molecule has 0 radical (unpaired) electrons. The zero-order chi connectivity index (χ0) is 33.6. The molecule has 7 rings (SSSR count). The Morgan fingerprint density at radius 3 is 2.19 bits per heavy atom. The molecule has 0 aliphatic heterocycles. The summed E-state index contributed by atoms with van der Waals surface area (Å²) in [6.07, 6.45) is 24.8. The SMILES string of the molecule is CCc1ccc(C2=C(C3CC3)CC(CC3CC(CC(C)C4CCC(C)(C(O)C5CC5)CC4)(C(C)C)C3)C=C2OCCC2CC2CC)cc1. The fourth-order valence-electron chi connectivity index (χ4n) is 11.2. The number of aliphatic hydroxyl groups is 1. The van der Waals surface area contributed by atoms with Crippen LogP contribution < -0.4 is 0 Å². The molecule has 1 aromatic carbocycles. The normalized spacial score (nSPS) is 36.4. The smallest absolute Gasteiger partial charge is 0.123 e. The maximum absolute atomic E-state index is 11.0. The molecule has 48 heavy (non-hydrogen) atoms. The minimum atomic E-state index is -0.0533. The van der Waals surface area contributed by atoms with Crippen LogP contribution in [0.1, 0.15) is 155 Å². The Bertz CT molecular complexity index is 1290. The Morgan fingerprint density at radius 1 is 0.896 bits per heavy atom. The van der Waals surface area contributed by atoms with E-state index in [1.807, 2.05) is 0 Å². The maximum atomic E-state index is 11.0. The van der Waals surface area contributed by atoms with Crippen LogP contribution in [0, 0.1) is 64.1 Å². The lowest BCUT2D eigenvalue weighted by atomic mass is 9.51. The number of allylic oxidation sites excluding steroid dienone is 3. The first kappa shape index (κ1) is 34.9. The van der Waals surface area contributed by atoms with Crippen molar-refractivity contribution in [2.45, 2.75) is 157 Å². The van der Waals surface area contributed by atoms with Gasteiger partial charge in [0.05, 0.1) is 12.7 Å². The molecule has 2 nitrogen and oxygen atoms in total. The number of hydrogen-bond donors (Lipinski definition) is 1. The van der Waals surface area contributed by atoms with Crippen LogP contribution in [-0.2, 0) is 11.2 Å². The number of ether oxygens (including phenoxy) is 1. The first-order valence-corrected chi connectivity index (χ1v) is 21.0. The molecule has 0 amide bonds. The van der Waals surface area contributed by atoms with Crippen LogP contribution in [0.25, 0.3) is 5.57 Å². The highest BCUT2D eigenvalue weighted by Gasteiger charge is 2.50. The van der Waals surface area contributed by atoms with Gasteiger partial charge in [0.2, 0.25) is 0 Å². The van der Waals surface area contributed by atoms with Gasteiger partial charge in [-0.2, -0.15) is 0 Å². The quantitative estimate of drug-likeness (QED) is 0.192. The van der Waals surface area contributed by atoms with Gasteiger partial charge in [-0.3, -0.25) is 0 Å². The third-order valence-electron chi connectivity index (χ3n) is 15.2. The molecule has 0 aromatic heterocycles. The molecule has 5 atom stereocenters. The highest BCUT2D eigenvalue weighted by molar-refractivity contribution is 5.81. The number of rotatable bonds is 16. The number of aliphatic hydroxyl groups excluding tert-OH is 1. The molecule has 6 aliphatic carbocycles. The number of aryl methyl sites for hydroxylation is 1. The van der Waals surface area contributed by atoms with Crippen LogP contribution in [0.2, 0.25) is 0 Å². The molecule has 5 fully saturated rings. The van der Waals surface area contributed by atoms with E-state index in [0.29, 0.717) is 17.3 Å². The summed E-state index contributed by atoms with van der Waals surface area (Å²) in [7, 11) is 0. The second kappa shape index (κ2) is 14.2. The van der Waals surface area contributed by atoms with Crippen molar-refractivity contribution < 1.29 is 9.84 Å². The van der Waals surface area contributed by atoms with Gasteiger partial charge >= 0.3 is 0 Å². The first-order chi connectivity index (χ1) is 23.1. The highest BCUT2D eigenvalue weighted by atomic mass is 16.5. The second-order valence-electron chi connectivity index (χ2n) is 19.0. The van der Waals surface area contributed by atoms with Gasteiger partial charge in [-0.15, -0.1) is 0 Å². The second-order valence-corrected chi connectivity index (χ2v) is 19.0. The molecule has 1 N–H and O–H groups in total. The first-order valence-electron chi connectivity index (χ1n) is 21.0. The van der Waals surface area contributed by atoms with Crippen molar-refractivity contribution in [1.29, 1.82) is 0 Å². The molecule has 5 unspecified atom stereocenters. The van der Waals surface area contributed by atoms with E-state index in [1.165, 1.54) is 125 Å². The summed E-state index contributed by atoms with van der Waals surface area (Å²) in [6, 6.07) is 9.45. The van der Waals surface area contributed by atoms with E-state index in [9.17, 15) is 5.11 Å². The van der Waals surface area contributed by atoms with Gasteiger partial charge in [-0.1, -0.05) is 77.8 Å². The zero-order valence-electron chi connectivity index (χ0n) is 31.7. The summed E-state index contributed by atoms with van der Waals surface area (Å²) in [4.78, 5) is 0. The van der Waals surface area contributed by atoms with Gasteiger partial charge < -0.3 is 9.84 Å². The Kier molecular flexibility index (Phi) is 10.3. The summed E-state index contributed by atoms with van der Waals surface area (Å²) < 4.78 is 6.85. The Labute approximate surface area is 295 Å². The number of hydrogen-bond acceptors (Lipinski definition) is 2. The fourth-order valence-corrected chi connectivity index (χ4v) is 11.2. The third kappa shape index (κ3) is 7.55. The lowest BCUT2D eigenvalue weighted by Crippen LogP contribution is -2.45. The molecule has 0 bridgehead atoms. The predicted molar refractivity (Wildman–Crippen MR) is 201 cm³/mol. The van der Waals surface area contributed by atoms with Gasteiger partial charge in [0.25, 0.3) is 0 Å². The average Bonchev–Trinajstić information content (AvgIpc) is 3.91. The van der Waals surface area contributed by atoms with Crippen molar-refractivity contribution in [2.24, 2.45) is 64.1 Å². The van der Waals surface area contributed by atoms with E-state index in [0.717, 1.165) is 54.5 Å². The molecule has 2 heteroatoms. The summed E-state index contributed by atoms with van der Waals surface area (Å²) in [5.41, 5.74) is 6.70. The zero-order valence-corrected chi connectivity index (χ0v) is 31.7. The molecule has 266 valence electrons. The topological polar surface area (TPSA) is 29.5 Å². The minimum absolute atomic E-state index is 0.0533. The van der Waals surface area contributed by atoms with Crippen molar-refractivity contribution >= 4 is 5.57 Å². The van der Waals surface area contributed by atoms with Crippen LogP contribution in [0.15, 0.2) is 41.7 Å². The Hall–Kier alpha value is -1.54. The molecular formula is C46H70O2. The lowest BCUT2D eigenvalue weighted by Gasteiger charge is -2.54. The summed E-state index contributed by atoms with van der Waals surface area (Å²) in [6.45, 7) is 15.5. The standard InChI is InChI=1S/C46H70O2/c1-7-32-9-11-38(12-10-32)43-41(37-13-14-37)24-33(25-42(43)48-22-19-40-26-35(40)8-2)23-34-28-46(29-34,30(3)4)27-31(5)36-17-20-45(6,21-18-36)44(47)39-15-16-39/h9-12,25,30-31,33-37,39-40,44,47H,7-8,13-24,26-29H2,1-6H3. The Balaban J connectivity index is 0.997. The molecular weight excluding hydrogens is 585 g/mol. The highest BCUT2D eigenvalue weighted by Crippen LogP contribution is 2.60. The van der Waals surface area contributed by atoms with Crippen LogP contribution >= 0.6 is 0 Å². The van der Waals surface area contributed by atoms with Crippen LogP contribution in [0.4, 0.5) is 0 Å². The van der Waals surface area contributed by atoms with E-state index in [4.69, 9.17) is 4.74 Å². The summed E-state index contributed by atoms with van der Waals surface area (Å²) in [5.74, 6) is 8.33. The van der Waals surface area contributed by atoms with Crippen molar-refractivity contribution in [2.75, 3.05) is 6.61 Å². The van der Waals surface area contributed by atoms with Gasteiger partial charge in [0.15, 0.2) is 0 Å². The van der Waals surface area contributed by atoms with Crippen molar-refractivity contribution in [3.8, 4) is 0 Å². The molecule has 5 saturated carbocycles. The summed E-state index contributed by atoms with van der Waals surface area (Å²) >= 11 is 0. The molecule has 6 aliphatic rings. The van der Waals surface area contributed by atoms with E-state index in [-0.39, 0.29) is 11.5 Å². The number of benzene rings is 1. The van der Waals surface area contributed by atoms with Crippen LogP contribution in [0.5, 0.6) is 0 Å². The van der Waals surface area contributed by atoms with Gasteiger partial charge in [-0.05, 0) is 184 Å². The van der Waals surface area contributed by atoms with Gasteiger partial charge in [-0.25, -0.2) is 0 Å². The molecule has 0 heterocycles. The van der Waals surface area contributed by atoms with Gasteiger partial charge in [0.1, 0.15) is 5.76 Å². The van der Waals surface area contributed by atoms with Crippen LogP contribution in [0.3, 0.4) is 0 Å².